The molecule has 0 aliphatic heterocycles. The van der Waals surface area contributed by atoms with Crippen LogP contribution in [0.5, 0.6) is 5.75 Å². The molecule has 2 aromatic rings. The molecule has 0 unspecified atom stereocenters. The van der Waals surface area contributed by atoms with Gasteiger partial charge in [0.2, 0.25) is 0 Å². The fourth-order valence-corrected chi connectivity index (χ4v) is 2.57. The summed E-state index contributed by atoms with van der Waals surface area (Å²) in [5.74, 6) is 1.63. The highest BCUT2D eigenvalue weighted by Gasteiger charge is 2.06. The third-order valence-corrected chi connectivity index (χ3v) is 3.98. The van der Waals surface area contributed by atoms with Gasteiger partial charge in [0.1, 0.15) is 12.4 Å². The van der Waals surface area contributed by atoms with Crippen LogP contribution in [0.1, 0.15) is 23.6 Å². The molecule has 0 atom stereocenters. The second-order valence-electron chi connectivity index (χ2n) is 6.29. The predicted octanol–water partition coefficient (Wildman–Crippen LogP) is 2.90. The van der Waals surface area contributed by atoms with Gasteiger partial charge in [0.05, 0.1) is 19.3 Å². The van der Waals surface area contributed by atoms with Crippen LogP contribution in [0.4, 0.5) is 0 Å². The van der Waals surface area contributed by atoms with Crippen molar-refractivity contribution in [1.29, 1.82) is 0 Å². The van der Waals surface area contributed by atoms with Crippen LogP contribution in [0, 0.1) is 13.8 Å². The third kappa shape index (κ3) is 8.47. The Balaban J connectivity index is 0.00000392. The first-order chi connectivity index (χ1) is 13.1. The van der Waals surface area contributed by atoms with Crippen molar-refractivity contribution < 1.29 is 9.47 Å². The molecule has 0 saturated carbocycles. The van der Waals surface area contributed by atoms with E-state index in [2.05, 4.69) is 45.8 Å². The third-order valence-electron chi connectivity index (χ3n) is 3.98. The first kappa shape index (κ1) is 24.2. The highest BCUT2D eigenvalue weighted by molar-refractivity contribution is 14.0. The second-order valence-corrected chi connectivity index (χ2v) is 6.29. The van der Waals surface area contributed by atoms with Gasteiger partial charge in [-0.15, -0.1) is 24.0 Å². The van der Waals surface area contributed by atoms with Gasteiger partial charge in [-0.05, 0) is 38.0 Å². The highest BCUT2D eigenvalue weighted by Crippen LogP contribution is 2.20. The number of aromatic nitrogens is 2. The van der Waals surface area contributed by atoms with Crippen molar-refractivity contribution in [2.45, 2.75) is 33.9 Å². The molecule has 0 aliphatic rings. The summed E-state index contributed by atoms with van der Waals surface area (Å²) < 4.78 is 13.2. The van der Waals surface area contributed by atoms with E-state index in [4.69, 9.17) is 9.47 Å². The molecule has 0 saturated heterocycles. The minimum absolute atomic E-state index is 0. The smallest absolute Gasteiger partial charge is 0.191 e. The maximum absolute atomic E-state index is 5.89. The van der Waals surface area contributed by atoms with E-state index in [1.165, 1.54) is 5.56 Å². The summed E-state index contributed by atoms with van der Waals surface area (Å²) in [5.41, 5.74) is 3.42. The Labute approximate surface area is 184 Å². The SMILES string of the molecule is CCOCCOc1cc(C)ccc1CNC(=NC)NCCn1cc(C)cn1.I. The van der Waals surface area contributed by atoms with Gasteiger partial charge in [-0.3, -0.25) is 9.67 Å². The van der Waals surface area contributed by atoms with E-state index < -0.39 is 0 Å². The van der Waals surface area contributed by atoms with E-state index in [0.717, 1.165) is 35.9 Å². The van der Waals surface area contributed by atoms with Crippen LogP contribution in [0.15, 0.2) is 35.6 Å². The summed E-state index contributed by atoms with van der Waals surface area (Å²) in [6, 6.07) is 6.22. The van der Waals surface area contributed by atoms with Gasteiger partial charge in [-0.2, -0.15) is 5.10 Å². The van der Waals surface area contributed by atoms with Crippen LogP contribution in [0.2, 0.25) is 0 Å². The van der Waals surface area contributed by atoms with Crippen LogP contribution in [0.3, 0.4) is 0 Å². The number of ether oxygens (including phenoxy) is 2. The van der Waals surface area contributed by atoms with Gasteiger partial charge in [-0.25, -0.2) is 0 Å². The van der Waals surface area contributed by atoms with E-state index in [1.807, 2.05) is 30.9 Å². The van der Waals surface area contributed by atoms with Gasteiger partial charge >= 0.3 is 0 Å². The molecule has 1 aromatic heterocycles. The summed E-state index contributed by atoms with van der Waals surface area (Å²) >= 11 is 0. The average molecular weight is 501 g/mol. The molecule has 0 radical (unpaired) electrons. The lowest BCUT2D eigenvalue weighted by atomic mass is 10.1. The lowest BCUT2D eigenvalue weighted by molar-refractivity contribution is 0.110. The van der Waals surface area contributed by atoms with Crippen molar-refractivity contribution in [1.82, 2.24) is 20.4 Å². The van der Waals surface area contributed by atoms with Gasteiger partial charge in [0.25, 0.3) is 0 Å². The molecule has 0 aliphatic carbocycles. The Hall–Kier alpha value is -1.81. The van der Waals surface area contributed by atoms with E-state index >= 15 is 0 Å². The van der Waals surface area contributed by atoms with Crippen LogP contribution < -0.4 is 15.4 Å². The first-order valence-electron chi connectivity index (χ1n) is 9.36. The maximum atomic E-state index is 5.89. The topological polar surface area (TPSA) is 72.7 Å². The monoisotopic (exact) mass is 501 g/mol. The lowest BCUT2D eigenvalue weighted by Gasteiger charge is -2.15. The van der Waals surface area contributed by atoms with Gasteiger partial charge in [0, 0.05) is 38.5 Å². The molecule has 156 valence electrons. The molecule has 0 bridgehead atoms. The summed E-state index contributed by atoms with van der Waals surface area (Å²) in [7, 11) is 1.77. The van der Waals surface area contributed by atoms with Crippen molar-refractivity contribution in [3.05, 3.63) is 47.3 Å². The van der Waals surface area contributed by atoms with Crippen molar-refractivity contribution in [2.75, 3.05) is 33.4 Å². The average Bonchev–Trinajstić information content (AvgIpc) is 3.08. The second kappa shape index (κ2) is 13.4. The largest absolute Gasteiger partial charge is 0.491 e. The molecule has 1 heterocycles. The summed E-state index contributed by atoms with van der Waals surface area (Å²) in [4.78, 5) is 4.28. The van der Waals surface area contributed by atoms with Gasteiger partial charge in [-0.1, -0.05) is 12.1 Å². The summed E-state index contributed by atoms with van der Waals surface area (Å²) in [6.45, 7) is 10.1. The summed E-state index contributed by atoms with van der Waals surface area (Å²) in [6.07, 6.45) is 3.88. The standard InChI is InChI=1S/C20H31N5O2.HI/c1-5-26-10-11-27-19-12-16(2)6-7-18(19)14-23-20(21-4)22-8-9-25-15-17(3)13-24-25;/h6-7,12-13,15H,5,8-11,14H2,1-4H3,(H2,21,22,23);1H. The number of nitrogens with zero attached hydrogens (tertiary/aromatic N) is 3. The number of aryl methyl sites for hydroxylation is 2. The first-order valence-corrected chi connectivity index (χ1v) is 9.36. The zero-order chi connectivity index (χ0) is 19.5. The maximum Gasteiger partial charge on any atom is 0.191 e. The number of hydrogen-bond acceptors (Lipinski definition) is 4. The molecule has 0 amide bonds. The number of benzene rings is 1. The Morgan fingerprint density at radius 1 is 1.18 bits per heavy atom. The lowest BCUT2D eigenvalue weighted by Crippen LogP contribution is -2.38. The van der Waals surface area contributed by atoms with Crippen molar-refractivity contribution in [2.24, 2.45) is 4.99 Å². The molecule has 2 N–H and O–H groups in total. The molecule has 1 aromatic carbocycles. The Bertz CT molecular complexity index is 733. The normalized spacial score (nSPS) is 11.1. The van der Waals surface area contributed by atoms with Crippen molar-refractivity contribution in [3.8, 4) is 5.75 Å². The zero-order valence-corrected chi connectivity index (χ0v) is 19.5. The fraction of sp³-hybridized carbons (Fsp3) is 0.500. The zero-order valence-electron chi connectivity index (χ0n) is 17.2. The van der Waals surface area contributed by atoms with Gasteiger partial charge < -0.3 is 20.1 Å². The molecule has 0 spiro atoms. The van der Waals surface area contributed by atoms with Crippen molar-refractivity contribution in [3.63, 3.8) is 0 Å². The van der Waals surface area contributed by atoms with E-state index in [9.17, 15) is 0 Å². The number of hydrogen-bond donors (Lipinski definition) is 2. The molecular weight excluding hydrogens is 469 g/mol. The fourth-order valence-electron chi connectivity index (χ4n) is 2.57. The number of halogens is 1. The predicted molar refractivity (Wildman–Crippen MR) is 124 cm³/mol. The molecule has 8 heteroatoms. The molecular formula is C20H32IN5O2. The quantitative estimate of drug-likeness (QED) is 0.227. The number of rotatable bonds is 10. The van der Waals surface area contributed by atoms with Gasteiger partial charge in [0.15, 0.2) is 5.96 Å². The number of aliphatic imine (C=N–C) groups is 1. The molecule has 2 rings (SSSR count). The van der Waals surface area contributed by atoms with Crippen LogP contribution in [-0.2, 0) is 17.8 Å². The number of guanidine groups is 1. The van der Waals surface area contributed by atoms with Crippen LogP contribution >= 0.6 is 24.0 Å². The molecule has 7 nitrogen and oxygen atoms in total. The Morgan fingerprint density at radius 2 is 2.00 bits per heavy atom. The number of nitrogens with one attached hydrogen (secondary N) is 2. The molecule has 28 heavy (non-hydrogen) atoms. The van der Waals surface area contributed by atoms with E-state index in [1.54, 1.807) is 7.05 Å². The molecule has 0 fully saturated rings. The highest BCUT2D eigenvalue weighted by atomic mass is 127. The van der Waals surface area contributed by atoms with Crippen LogP contribution in [0.25, 0.3) is 0 Å². The van der Waals surface area contributed by atoms with E-state index in [-0.39, 0.29) is 24.0 Å². The minimum Gasteiger partial charge on any atom is -0.491 e. The Morgan fingerprint density at radius 3 is 2.68 bits per heavy atom. The van der Waals surface area contributed by atoms with E-state index in [0.29, 0.717) is 26.4 Å². The van der Waals surface area contributed by atoms with Crippen LogP contribution in [-0.4, -0.2) is 49.2 Å². The minimum atomic E-state index is 0. The van der Waals surface area contributed by atoms with Crippen molar-refractivity contribution >= 4 is 29.9 Å². The Kier molecular flexibility index (Phi) is 11.6. The summed E-state index contributed by atoms with van der Waals surface area (Å²) in [5, 5.41) is 10.9.